The Hall–Kier alpha value is -1.02. The first-order chi connectivity index (χ1) is 6.75. The molecule has 2 N–H and O–H groups in total. The zero-order valence-corrected chi connectivity index (χ0v) is 8.49. The molecule has 0 aliphatic heterocycles. The smallest absolute Gasteiger partial charge is 0.282 e. The lowest BCUT2D eigenvalue weighted by atomic mass is 10.3. The first-order valence-corrected chi connectivity index (χ1v) is 5.72. The molecule has 0 unspecified atom stereocenters. The molecule has 0 radical (unpaired) electrons. The van der Waals surface area contributed by atoms with Gasteiger partial charge in [0.25, 0.3) is 15.5 Å². The van der Waals surface area contributed by atoms with Crippen LogP contribution in [0.25, 0.3) is 0 Å². The third-order valence-electron chi connectivity index (χ3n) is 1.52. The number of aromatic nitrogens is 1. The van der Waals surface area contributed by atoms with Gasteiger partial charge in [0.2, 0.25) is 0 Å². The van der Waals surface area contributed by atoms with Gasteiger partial charge in [0, 0.05) is 10.7 Å². The van der Waals surface area contributed by atoms with Gasteiger partial charge in [-0.1, -0.05) is 0 Å². The molecule has 0 fully saturated rings. The summed E-state index contributed by atoms with van der Waals surface area (Å²) >= 11 is 0. The minimum atomic E-state index is -4.39. The van der Waals surface area contributed by atoms with Gasteiger partial charge in [0.05, 0.1) is 11.9 Å². The highest BCUT2D eigenvalue weighted by Crippen LogP contribution is 2.29. The minimum Gasteiger partial charge on any atom is -0.395 e. The van der Waals surface area contributed by atoms with E-state index in [2.05, 4.69) is 4.98 Å². The van der Waals surface area contributed by atoms with Crippen molar-refractivity contribution in [2.24, 2.45) is 0 Å². The molecule has 0 saturated heterocycles. The van der Waals surface area contributed by atoms with Crippen molar-refractivity contribution in [3.05, 3.63) is 17.7 Å². The quantitative estimate of drug-likeness (QED) is 0.821. The number of alkyl halides is 2. The number of nitrogens with two attached hydrogens (primary N) is 1. The number of nitrogen functional groups attached to an aromatic ring is 1. The van der Waals surface area contributed by atoms with E-state index in [9.17, 15) is 21.6 Å². The molecule has 84 valence electrons. The van der Waals surface area contributed by atoms with E-state index in [1.165, 1.54) is 0 Å². The summed E-state index contributed by atoms with van der Waals surface area (Å²) in [6, 6.07) is 0. The number of anilines is 1. The van der Waals surface area contributed by atoms with Crippen molar-refractivity contribution in [3.8, 4) is 0 Å². The van der Waals surface area contributed by atoms with Gasteiger partial charge in [-0.3, -0.25) is 4.98 Å². The first kappa shape index (κ1) is 12.1. The topological polar surface area (TPSA) is 73.0 Å². The van der Waals surface area contributed by atoms with Crippen LogP contribution in [0.4, 0.5) is 18.9 Å². The summed E-state index contributed by atoms with van der Waals surface area (Å²) in [5.74, 6) is -1.52. The van der Waals surface area contributed by atoms with E-state index in [0.29, 0.717) is 6.20 Å². The molecule has 0 saturated carbocycles. The molecule has 0 aliphatic carbocycles. The molecule has 0 aliphatic rings. The molecule has 1 rings (SSSR count). The van der Waals surface area contributed by atoms with E-state index in [0.717, 1.165) is 0 Å². The van der Waals surface area contributed by atoms with Crippen molar-refractivity contribution in [1.82, 2.24) is 4.98 Å². The Labute approximate surface area is 87.3 Å². The van der Waals surface area contributed by atoms with Crippen molar-refractivity contribution < 1.29 is 21.6 Å². The van der Waals surface area contributed by atoms with Gasteiger partial charge in [-0.15, -0.1) is 0 Å². The second kappa shape index (κ2) is 3.86. The largest absolute Gasteiger partial charge is 0.395 e. The maximum atomic E-state index is 13.2. The Morgan fingerprint density at radius 3 is 2.40 bits per heavy atom. The van der Waals surface area contributed by atoms with Gasteiger partial charge in [0.1, 0.15) is 10.6 Å². The number of hydrogen-bond donors (Lipinski definition) is 1. The van der Waals surface area contributed by atoms with Crippen LogP contribution in [0.3, 0.4) is 0 Å². The maximum absolute atomic E-state index is 13.2. The summed E-state index contributed by atoms with van der Waals surface area (Å²) in [5, 5.41) is 0. The lowest BCUT2D eigenvalue weighted by Crippen LogP contribution is -2.06. The molecule has 1 heterocycles. The van der Waals surface area contributed by atoms with Crippen LogP contribution in [0.1, 0.15) is 12.1 Å². The molecule has 0 spiro atoms. The average molecular weight is 261 g/mol. The highest BCUT2D eigenvalue weighted by atomic mass is 35.7. The van der Waals surface area contributed by atoms with Gasteiger partial charge < -0.3 is 5.73 Å². The van der Waals surface area contributed by atoms with Crippen LogP contribution in [-0.4, -0.2) is 13.4 Å². The summed E-state index contributed by atoms with van der Waals surface area (Å²) in [6.45, 7) is 0. The maximum Gasteiger partial charge on any atom is 0.282 e. The van der Waals surface area contributed by atoms with Gasteiger partial charge in [-0.05, 0) is 0 Å². The van der Waals surface area contributed by atoms with E-state index in [1.54, 1.807) is 0 Å². The molecule has 4 nitrogen and oxygen atoms in total. The summed E-state index contributed by atoms with van der Waals surface area (Å²) < 4.78 is 58.9. The highest BCUT2D eigenvalue weighted by Gasteiger charge is 2.24. The molecule has 15 heavy (non-hydrogen) atoms. The molecule has 0 bridgehead atoms. The number of hydrogen-bond acceptors (Lipinski definition) is 4. The van der Waals surface area contributed by atoms with Crippen molar-refractivity contribution >= 4 is 25.4 Å². The average Bonchev–Trinajstić information content (AvgIpc) is 2.06. The second-order valence-corrected chi connectivity index (χ2v) is 5.01. The van der Waals surface area contributed by atoms with E-state index in [1.807, 2.05) is 0 Å². The normalized spacial score (nSPS) is 12.1. The lowest BCUT2D eigenvalue weighted by Gasteiger charge is -2.06. The fourth-order valence-corrected chi connectivity index (χ4v) is 1.67. The van der Waals surface area contributed by atoms with Crippen LogP contribution in [0.15, 0.2) is 11.1 Å². The number of nitrogens with zero attached hydrogens (tertiary/aromatic N) is 1. The van der Waals surface area contributed by atoms with Gasteiger partial charge in [0.15, 0.2) is 5.82 Å². The fraction of sp³-hybridized carbons (Fsp3) is 0.167. The highest BCUT2D eigenvalue weighted by molar-refractivity contribution is 8.13. The van der Waals surface area contributed by atoms with E-state index < -0.39 is 37.6 Å². The Bertz CT molecular complexity index is 491. The Morgan fingerprint density at radius 1 is 1.47 bits per heavy atom. The van der Waals surface area contributed by atoms with E-state index in [-0.39, 0.29) is 0 Å². The van der Waals surface area contributed by atoms with Crippen LogP contribution in [0.2, 0.25) is 0 Å². The standard InChI is InChI=1S/C6H4ClF3N2O2S/c7-15(13,14)2-1-12-5(6(9)10)4(11)3(2)8/h1,6H,11H2. The molecule has 0 aromatic carbocycles. The van der Waals surface area contributed by atoms with Crippen molar-refractivity contribution in [2.45, 2.75) is 11.3 Å². The lowest BCUT2D eigenvalue weighted by molar-refractivity contribution is 0.146. The van der Waals surface area contributed by atoms with Gasteiger partial charge >= 0.3 is 0 Å². The fourth-order valence-electron chi connectivity index (χ4n) is 0.843. The van der Waals surface area contributed by atoms with Crippen molar-refractivity contribution in [2.75, 3.05) is 5.73 Å². The predicted molar refractivity (Wildman–Crippen MR) is 46.6 cm³/mol. The molecule has 0 amide bonds. The van der Waals surface area contributed by atoms with Crippen LogP contribution in [0.5, 0.6) is 0 Å². The van der Waals surface area contributed by atoms with Gasteiger partial charge in [-0.25, -0.2) is 21.6 Å². The molecule has 1 aromatic heterocycles. The zero-order valence-electron chi connectivity index (χ0n) is 6.92. The molecule has 1 aromatic rings. The SMILES string of the molecule is Nc1c(C(F)F)ncc(S(=O)(=O)Cl)c1F. The van der Waals surface area contributed by atoms with Gasteiger partial charge in [-0.2, -0.15) is 0 Å². The van der Waals surface area contributed by atoms with Crippen molar-refractivity contribution in [1.29, 1.82) is 0 Å². The van der Waals surface area contributed by atoms with Crippen molar-refractivity contribution in [3.63, 3.8) is 0 Å². The summed E-state index contributed by atoms with van der Waals surface area (Å²) in [4.78, 5) is 2.00. The summed E-state index contributed by atoms with van der Waals surface area (Å²) in [7, 11) is 0.428. The number of halogens is 4. The Balaban J connectivity index is 3.48. The zero-order chi connectivity index (χ0) is 11.8. The Morgan fingerprint density at radius 2 is 2.00 bits per heavy atom. The van der Waals surface area contributed by atoms with Crippen LogP contribution in [-0.2, 0) is 9.05 Å². The summed E-state index contributed by atoms with van der Waals surface area (Å²) in [5.41, 5.74) is 2.90. The van der Waals surface area contributed by atoms with E-state index >= 15 is 0 Å². The van der Waals surface area contributed by atoms with Crippen LogP contribution < -0.4 is 5.73 Å². The van der Waals surface area contributed by atoms with Crippen LogP contribution in [0, 0.1) is 5.82 Å². The van der Waals surface area contributed by atoms with Crippen LogP contribution >= 0.6 is 10.7 Å². The summed E-state index contributed by atoms with van der Waals surface area (Å²) in [6.07, 6.45) is -2.69. The number of rotatable bonds is 2. The number of pyridine rings is 1. The third kappa shape index (κ3) is 2.32. The first-order valence-electron chi connectivity index (χ1n) is 3.42. The van der Waals surface area contributed by atoms with E-state index in [4.69, 9.17) is 16.4 Å². The predicted octanol–water partition coefficient (Wildman–Crippen LogP) is 1.67. The monoisotopic (exact) mass is 260 g/mol. The molecular formula is C6H4ClF3N2O2S. The minimum absolute atomic E-state index is 0.398. The second-order valence-electron chi connectivity index (χ2n) is 2.47. The Kier molecular flexibility index (Phi) is 3.10. The molecule has 9 heteroatoms. The molecular weight excluding hydrogens is 257 g/mol. The third-order valence-corrected chi connectivity index (χ3v) is 2.83. The molecule has 0 atom stereocenters.